The molecule has 0 bridgehead atoms. The fraction of sp³-hybridized carbons (Fsp3) is 0.944. The van der Waals surface area contributed by atoms with Gasteiger partial charge in [0.2, 0.25) is 0 Å². The van der Waals surface area contributed by atoms with Gasteiger partial charge in [-0.25, -0.2) is 0 Å². The van der Waals surface area contributed by atoms with Gasteiger partial charge in [0.1, 0.15) is 0 Å². The Morgan fingerprint density at radius 1 is 0.725 bits per heavy atom. The van der Waals surface area contributed by atoms with Crippen molar-refractivity contribution >= 4 is 16.6 Å². The quantitative estimate of drug-likeness (QED) is 0.228. The molecule has 230 valence electrons. The minimum Gasteiger partial charge on any atom is -0.417 e. The molecule has 5 aliphatic rings. The molecule has 0 saturated heterocycles. The summed E-state index contributed by atoms with van der Waals surface area (Å²) in [7, 11) is -3.12. The topological polar surface area (TPSA) is 18.5 Å². The fourth-order valence-corrected chi connectivity index (χ4v) is 14.5. The van der Waals surface area contributed by atoms with E-state index in [1.165, 1.54) is 69.8 Å². The Bertz CT molecular complexity index is 992. The molecule has 5 fully saturated rings. The second kappa shape index (κ2) is 9.80. The molecule has 40 heavy (non-hydrogen) atoms. The Kier molecular flexibility index (Phi) is 7.72. The van der Waals surface area contributed by atoms with Crippen molar-refractivity contribution in [2.24, 2.45) is 56.7 Å². The lowest BCUT2D eigenvalue weighted by Gasteiger charge is -2.73. The lowest BCUT2D eigenvalue weighted by atomic mass is 9.32. The summed E-state index contributed by atoms with van der Waals surface area (Å²) in [6.45, 7) is 35.7. The van der Waals surface area contributed by atoms with Gasteiger partial charge in [-0.15, -0.1) is 0 Å². The molecule has 5 saturated carbocycles. The van der Waals surface area contributed by atoms with Gasteiger partial charge in [-0.2, -0.15) is 0 Å². The van der Waals surface area contributed by atoms with Crippen LogP contribution < -0.4 is 0 Å². The van der Waals surface area contributed by atoms with Gasteiger partial charge in [0, 0.05) is 6.61 Å². The second-order valence-electron chi connectivity index (χ2n) is 19.0. The van der Waals surface area contributed by atoms with Gasteiger partial charge in [-0.1, -0.05) is 46.8 Å². The van der Waals surface area contributed by atoms with Crippen molar-refractivity contribution in [3.05, 3.63) is 12.2 Å². The first kappa shape index (κ1) is 31.5. The molecular formula is C36H66O2Si2. The highest BCUT2D eigenvalue weighted by atomic mass is 28.4. The molecule has 5 aliphatic carbocycles. The van der Waals surface area contributed by atoms with E-state index < -0.39 is 16.6 Å². The summed E-state index contributed by atoms with van der Waals surface area (Å²) in [5.74, 6) is 3.88. The number of hydrogen-bond acceptors (Lipinski definition) is 2. The van der Waals surface area contributed by atoms with Crippen LogP contribution in [0.3, 0.4) is 0 Å². The van der Waals surface area contributed by atoms with E-state index in [0.717, 1.165) is 30.3 Å². The van der Waals surface area contributed by atoms with Gasteiger partial charge in [-0.05, 0) is 167 Å². The third-order valence-corrected chi connectivity index (χ3v) is 16.5. The van der Waals surface area contributed by atoms with E-state index in [9.17, 15) is 0 Å². The van der Waals surface area contributed by atoms with E-state index >= 15 is 0 Å². The summed E-state index contributed by atoms with van der Waals surface area (Å²) < 4.78 is 13.7. The van der Waals surface area contributed by atoms with Crippen molar-refractivity contribution < 1.29 is 8.85 Å². The van der Waals surface area contributed by atoms with Crippen molar-refractivity contribution in [1.82, 2.24) is 0 Å². The van der Waals surface area contributed by atoms with Crippen LogP contribution >= 0.6 is 0 Å². The molecule has 0 radical (unpaired) electrons. The second-order valence-corrected chi connectivity index (χ2v) is 28.0. The predicted octanol–water partition coefficient (Wildman–Crippen LogP) is 10.7. The highest BCUT2D eigenvalue weighted by Crippen LogP contribution is 2.77. The van der Waals surface area contributed by atoms with E-state index in [2.05, 4.69) is 87.4 Å². The first-order valence-electron chi connectivity index (χ1n) is 17.2. The minimum atomic E-state index is -1.57. The molecule has 0 amide bonds. The van der Waals surface area contributed by atoms with E-state index in [0.29, 0.717) is 33.7 Å². The molecule has 10 atom stereocenters. The van der Waals surface area contributed by atoms with E-state index in [-0.39, 0.29) is 5.41 Å². The molecule has 0 spiro atoms. The summed E-state index contributed by atoms with van der Waals surface area (Å²) >= 11 is 0. The fourth-order valence-electron chi connectivity index (χ4n) is 12.5. The molecule has 5 rings (SSSR count). The van der Waals surface area contributed by atoms with Gasteiger partial charge in [0.05, 0.1) is 6.10 Å². The normalized spacial score (nSPS) is 48.5. The third-order valence-electron chi connectivity index (χ3n) is 14.5. The SMILES string of the molecule is C=C(C)[C@@H]1CC[C@]2(CO[Si](C)(C)C)CC[C@]3(C)C(CCC4[C@@]5(C)CC[C@H](O[Si](C)(C)C)C(C)(C)C5CC[C@]43C)C12. The van der Waals surface area contributed by atoms with Crippen molar-refractivity contribution in [3.8, 4) is 0 Å². The molecular weight excluding hydrogens is 521 g/mol. The zero-order chi connectivity index (χ0) is 29.7. The number of rotatable bonds is 6. The maximum atomic E-state index is 6.92. The van der Waals surface area contributed by atoms with E-state index in [4.69, 9.17) is 8.85 Å². The van der Waals surface area contributed by atoms with Crippen molar-refractivity contribution in [1.29, 1.82) is 0 Å². The maximum Gasteiger partial charge on any atom is 0.184 e. The Balaban J connectivity index is 1.48. The van der Waals surface area contributed by atoms with Crippen LogP contribution in [0.15, 0.2) is 12.2 Å². The highest BCUT2D eigenvalue weighted by Gasteiger charge is 2.71. The summed E-state index contributed by atoms with van der Waals surface area (Å²) in [6.07, 6.45) is 14.2. The standard InChI is InChI=1S/C36H66O2Si2/c1-25(2)26-16-21-36(24-37-39(8,9)10)23-22-34(6)27(31(26)36)14-15-29-33(5)19-18-30(38-40(11,12)13)32(3,4)28(33)17-20-35(29,34)7/h26-31H,1,14-24H2,2-13H3/t26-,27?,28?,29?,30-,31?,33-,34+,35+,36+/m0/s1. The zero-order valence-corrected chi connectivity index (χ0v) is 30.8. The minimum absolute atomic E-state index is 0.263. The molecule has 4 heteroatoms. The van der Waals surface area contributed by atoms with Gasteiger partial charge in [0.25, 0.3) is 0 Å². The largest absolute Gasteiger partial charge is 0.417 e. The first-order valence-corrected chi connectivity index (χ1v) is 24.0. The Morgan fingerprint density at radius 3 is 2.00 bits per heavy atom. The van der Waals surface area contributed by atoms with Gasteiger partial charge in [0.15, 0.2) is 16.6 Å². The molecule has 0 aromatic rings. The predicted molar refractivity (Wildman–Crippen MR) is 176 cm³/mol. The zero-order valence-electron chi connectivity index (χ0n) is 28.8. The molecule has 0 N–H and O–H groups in total. The molecule has 2 nitrogen and oxygen atoms in total. The molecule has 0 aromatic heterocycles. The first-order chi connectivity index (χ1) is 18.2. The summed E-state index contributed by atoms with van der Waals surface area (Å²) in [5, 5.41) is 0. The van der Waals surface area contributed by atoms with Crippen LogP contribution in [-0.4, -0.2) is 29.3 Å². The van der Waals surface area contributed by atoms with E-state index in [1.807, 2.05) is 0 Å². The van der Waals surface area contributed by atoms with Crippen LogP contribution in [-0.2, 0) is 8.85 Å². The molecule has 4 unspecified atom stereocenters. The van der Waals surface area contributed by atoms with Crippen LogP contribution in [0.25, 0.3) is 0 Å². The lowest BCUT2D eigenvalue weighted by Crippen LogP contribution is -2.67. The van der Waals surface area contributed by atoms with Crippen molar-refractivity contribution in [3.63, 3.8) is 0 Å². The maximum absolute atomic E-state index is 6.92. The van der Waals surface area contributed by atoms with Crippen LogP contribution in [0.2, 0.25) is 39.3 Å². The number of fused-ring (bicyclic) bond motifs is 7. The van der Waals surface area contributed by atoms with Crippen LogP contribution in [0.5, 0.6) is 0 Å². The van der Waals surface area contributed by atoms with Gasteiger partial charge >= 0.3 is 0 Å². The molecule has 0 aromatic carbocycles. The summed E-state index contributed by atoms with van der Waals surface area (Å²) in [6, 6.07) is 0. The average Bonchev–Trinajstić information content (AvgIpc) is 3.19. The smallest absolute Gasteiger partial charge is 0.184 e. The average molecular weight is 587 g/mol. The Labute approximate surface area is 251 Å². The highest BCUT2D eigenvalue weighted by molar-refractivity contribution is 6.70. The van der Waals surface area contributed by atoms with Crippen LogP contribution in [0, 0.1) is 56.7 Å². The monoisotopic (exact) mass is 586 g/mol. The van der Waals surface area contributed by atoms with Crippen LogP contribution in [0.4, 0.5) is 0 Å². The van der Waals surface area contributed by atoms with Crippen LogP contribution in [0.1, 0.15) is 106 Å². The van der Waals surface area contributed by atoms with Gasteiger partial charge in [-0.3, -0.25) is 0 Å². The van der Waals surface area contributed by atoms with Gasteiger partial charge < -0.3 is 8.85 Å². The van der Waals surface area contributed by atoms with Crippen molar-refractivity contribution in [2.45, 2.75) is 151 Å². The van der Waals surface area contributed by atoms with E-state index in [1.54, 1.807) is 0 Å². The summed E-state index contributed by atoms with van der Waals surface area (Å²) in [4.78, 5) is 0. The molecule has 0 aliphatic heterocycles. The summed E-state index contributed by atoms with van der Waals surface area (Å²) in [5.41, 5.74) is 3.38. The third kappa shape index (κ3) is 4.75. The number of hydrogen-bond donors (Lipinski definition) is 0. The Morgan fingerprint density at radius 2 is 1.40 bits per heavy atom. The van der Waals surface area contributed by atoms with Crippen molar-refractivity contribution in [2.75, 3.05) is 6.61 Å². The lowest BCUT2D eigenvalue weighted by molar-refractivity contribution is -0.247. The number of allylic oxidation sites excluding steroid dienone is 1. The molecule has 0 heterocycles. The Hall–Kier alpha value is 0.0938.